The van der Waals surface area contributed by atoms with Gasteiger partial charge in [0.15, 0.2) is 0 Å². The summed E-state index contributed by atoms with van der Waals surface area (Å²) in [6, 6.07) is 12.9. The zero-order valence-electron chi connectivity index (χ0n) is 15.5. The number of aromatic nitrogens is 1. The minimum absolute atomic E-state index is 0.206. The van der Waals surface area contributed by atoms with Gasteiger partial charge in [-0.15, -0.1) is 0 Å². The second-order valence-electron chi connectivity index (χ2n) is 6.32. The second-order valence-corrected chi connectivity index (χ2v) is 6.73. The molecule has 0 radical (unpaired) electrons. The number of benzene rings is 2. The van der Waals surface area contributed by atoms with Gasteiger partial charge in [-0.2, -0.15) is 13.2 Å². The molecule has 2 aromatic carbocycles. The Labute approximate surface area is 174 Å². The summed E-state index contributed by atoms with van der Waals surface area (Å²) < 4.78 is 39.0. The number of carbonyl (C=O) groups is 2. The highest BCUT2D eigenvalue weighted by Gasteiger charge is 2.33. The lowest BCUT2D eigenvalue weighted by Gasteiger charge is -2.13. The molecule has 0 fully saturated rings. The number of nitrogens with zero attached hydrogens (tertiary/aromatic N) is 1. The van der Waals surface area contributed by atoms with E-state index in [1.807, 2.05) is 0 Å². The summed E-state index contributed by atoms with van der Waals surface area (Å²) >= 11 is 5.58. The average Bonchev–Trinajstić information content (AvgIpc) is 2.70. The third-order valence-corrected chi connectivity index (χ3v) is 4.49. The molecule has 3 rings (SSSR count). The molecule has 0 atom stereocenters. The largest absolute Gasteiger partial charge is 0.417 e. The third-order valence-electron chi connectivity index (χ3n) is 4.16. The molecule has 1 aromatic heterocycles. The molecule has 0 aliphatic carbocycles. The van der Waals surface area contributed by atoms with Crippen LogP contribution in [0.3, 0.4) is 0 Å². The Morgan fingerprint density at radius 1 is 0.933 bits per heavy atom. The zero-order valence-corrected chi connectivity index (χ0v) is 16.3. The molecule has 0 saturated carbocycles. The highest BCUT2D eigenvalue weighted by Crippen LogP contribution is 2.35. The topological polar surface area (TPSA) is 71.1 Å². The van der Waals surface area contributed by atoms with Crippen molar-refractivity contribution in [2.75, 3.05) is 10.6 Å². The van der Waals surface area contributed by atoms with Gasteiger partial charge in [0.2, 0.25) is 0 Å². The third kappa shape index (κ3) is 4.96. The van der Waals surface area contributed by atoms with Gasteiger partial charge in [-0.3, -0.25) is 14.6 Å². The van der Waals surface area contributed by atoms with Crippen LogP contribution in [0.5, 0.6) is 0 Å². The van der Waals surface area contributed by atoms with E-state index in [-0.39, 0.29) is 17.2 Å². The van der Waals surface area contributed by atoms with Gasteiger partial charge < -0.3 is 10.6 Å². The summed E-state index contributed by atoms with van der Waals surface area (Å²) in [6.45, 7) is 1.67. The molecule has 5 nitrogen and oxygen atoms in total. The van der Waals surface area contributed by atoms with Crippen molar-refractivity contribution in [3.63, 3.8) is 0 Å². The molecule has 2 amide bonds. The molecular formula is C21H15ClF3N3O2. The van der Waals surface area contributed by atoms with Gasteiger partial charge in [-0.1, -0.05) is 29.8 Å². The monoisotopic (exact) mass is 433 g/mol. The maximum absolute atomic E-state index is 13.0. The normalized spacial score (nSPS) is 11.1. The first-order valence-corrected chi connectivity index (χ1v) is 9.04. The number of hydrogen-bond acceptors (Lipinski definition) is 3. The van der Waals surface area contributed by atoms with Crippen LogP contribution in [0.2, 0.25) is 5.02 Å². The van der Waals surface area contributed by atoms with Gasteiger partial charge in [0.1, 0.15) is 0 Å². The summed E-state index contributed by atoms with van der Waals surface area (Å²) in [5, 5.41) is 4.67. The van der Waals surface area contributed by atoms with Crippen molar-refractivity contribution in [2.45, 2.75) is 13.1 Å². The minimum Gasteiger partial charge on any atom is -0.321 e. The summed E-state index contributed by atoms with van der Waals surface area (Å²) in [7, 11) is 0. The van der Waals surface area contributed by atoms with E-state index >= 15 is 0 Å². The van der Waals surface area contributed by atoms with Gasteiger partial charge in [0.25, 0.3) is 11.8 Å². The zero-order chi connectivity index (χ0) is 21.9. The van der Waals surface area contributed by atoms with Crippen LogP contribution < -0.4 is 10.6 Å². The molecule has 9 heteroatoms. The Balaban J connectivity index is 1.80. The molecule has 154 valence electrons. The number of carbonyl (C=O) groups excluding carboxylic acids is 2. The van der Waals surface area contributed by atoms with E-state index in [1.54, 1.807) is 37.3 Å². The van der Waals surface area contributed by atoms with Gasteiger partial charge in [-0.05, 0) is 43.3 Å². The molecule has 2 N–H and O–H groups in total. The van der Waals surface area contributed by atoms with E-state index in [0.29, 0.717) is 23.0 Å². The van der Waals surface area contributed by atoms with Gasteiger partial charge in [0.05, 0.1) is 33.9 Å². The van der Waals surface area contributed by atoms with Crippen molar-refractivity contribution in [2.24, 2.45) is 0 Å². The lowest BCUT2D eigenvalue weighted by molar-refractivity contribution is -0.137. The SMILES string of the molecule is Cc1ncc(NC(=O)c2ccc(Cl)c(C(F)(F)F)c2)cc1NC(=O)c1ccccc1. The molecular weight excluding hydrogens is 419 g/mol. The highest BCUT2D eigenvalue weighted by atomic mass is 35.5. The van der Waals surface area contributed by atoms with Crippen molar-refractivity contribution in [1.29, 1.82) is 0 Å². The predicted octanol–water partition coefficient (Wildman–Crippen LogP) is 5.57. The number of nitrogens with one attached hydrogen (secondary N) is 2. The van der Waals surface area contributed by atoms with Gasteiger partial charge in [-0.25, -0.2) is 0 Å². The van der Waals surface area contributed by atoms with E-state index in [1.165, 1.54) is 18.3 Å². The predicted molar refractivity (Wildman–Crippen MR) is 108 cm³/mol. The molecule has 0 bridgehead atoms. The standard InChI is InChI=1S/C21H15ClF3N3O2/c1-12-18(28-19(29)13-5-3-2-4-6-13)10-15(11-26-12)27-20(30)14-7-8-17(22)16(9-14)21(23,24)25/h2-11H,1H3,(H,27,30)(H,28,29). The summed E-state index contributed by atoms with van der Waals surface area (Å²) in [5.41, 5.74) is 0.179. The lowest BCUT2D eigenvalue weighted by atomic mass is 10.1. The van der Waals surface area contributed by atoms with Crippen LogP contribution in [-0.2, 0) is 6.18 Å². The Hall–Kier alpha value is -3.39. The van der Waals surface area contributed by atoms with E-state index in [0.717, 1.165) is 6.07 Å². The Morgan fingerprint density at radius 2 is 1.60 bits per heavy atom. The summed E-state index contributed by atoms with van der Waals surface area (Å²) in [6.07, 6.45) is -3.35. The van der Waals surface area contributed by atoms with Crippen LogP contribution >= 0.6 is 11.6 Å². The molecule has 0 unspecified atom stereocenters. The smallest absolute Gasteiger partial charge is 0.321 e. The van der Waals surface area contributed by atoms with Gasteiger partial charge >= 0.3 is 6.18 Å². The van der Waals surface area contributed by atoms with Crippen LogP contribution in [0.4, 0.5) is 24.5 Å². The number of halogens is 4. The number of anilines is 2. The average molecular weight is 434 g/mol. The number of rotatable bonds is 4. The number of alkyl halides is 3. The molecule has 0 spiro atoms. The lowest BCUT2D eigenvalue weighted by Crippen LogP contribution is -2.16. The van der Waals surface area contributed by atoms with E-state index in [4.69, 9.17) is 11.6 Å². The molecule has 3 aromatic rings. The highest BCUT2D eigenvalue weighted by molar-refractivity contribution is 6.31. The van der Waals surface area contributed by atoms with Crippen LogP contribution in [-0.4, -0.2) is 16.8 Å². The first kappa shape index (κ1) is 21.3. The Morgan fingerprint density at radius 3 is 2.27 bits per heavy atom. The van der Waals surface area contributed by atoms with Crippen LogP contribution in [0.25, 0.3) is 0 Å². The van der Waals surface area contributed by atoms with E-state index < -0.39 is 22.7 Å². The van der Waals surface area contributed by atoms with Crippen LogP contribution in [0.15, 0.2) is 60.8 Å². The fourth-order valence-electron chi connectivity index (χ4n) is 2.60. The van der Waals surface area contributed by atoms with Crippen molar-refractivity contribution in [1.82, 2.24) is 4.98 Å². The molecule has 0 saturated heterocycles. The fourth-order valence-corrected chi connectivity index (χ4v) is 2.82. The molecule has 1 heterocycles. The number of hydrogen-bond donors (Lipinski definition) is 2. The first-order chi connectivity index (χ1) is 14.1. The summed E-state index contributed by atoms with van der Waals surface area (Å²) in [4.78, 5) is 28.9. The van der Waals surface area contributed by atoms with Crippen molar-refractivity contribution in [3.05, 3.63) is 88.2 Å². The Kier molecular flexibility index (Phi) is 6.07. The number of pyridine rings is 1. The van der Waals surface area contributed by atoms with Crippen LogP contribution in [0.1, 0.15) is 32.0 Å². The molecule has 0 aliphatic heterocycles. The second kappa shape index (κ2) is 8.54. The van der Waals surface area contributed by atoms with E-state index in [9.17, 15) is 22.8 Å². The maximum Gasteiger partial charge on any atom is 0.417 e. The number of amides is 2. The van der Waals surface area contributed by atoms with Gasteiger partial charge in [0, 0.05) is 11.1 Å². The van der Waals surface area contributed by atoms with Crippen molar-refractivity contribution in [3.8, 4) is 0 Å². The van der Waals surface area contributed by atoms with Crippen LogP contribution in [0, 0.1) is 6.92 Å². The van der Waals surface area contributed by atoms with E-state index in [2.05, 4.69) is 15.6 Å². The quantitative estimate of drug-likeness (QED) is 0.565. The maximum atomic E-state index is 13.0. The molecule has 30 heavy (non-hydrogen) atoms. The van der Waals surface area contributed by atoms with Crippen molar-refractivity contribution < 1.29 is 22.8 Å². The first-order valence-electron chi connectivity index (χ1n) is 8.66. The van der Waals surface area contributed by atoms with Crippen molar-refractivity contribution >= 4 is 34.8 Å². The fraction of sp³-hybridized carbons (Fsp3) is 0.0952. The number of aryl methyl sites for hydroxylation is 1. The Bertz CT molecular complexity index is 1100. The molecule has 0 aliphatic rings. The minimum atomic E-state index is -4.69. The summed E-state index contributed by atoms with van der Waals surface area (Å²) in [5.74, 6) is -1.14.